The number of rotatable bonds is 0. The molecule has 0 aromatic heterocycles. The topological polar surface area (TPSA) is 42.3 Å². The summed E-state index contributed by atoms with van der Waals surface area (Å²) in [7, 11) is 10.5. The average molecular weight is 289 g/mol. The number of hydrogen-bond donors (Lipinski definition) is 0. The molecule has 1 aliphatic rings. The second kappa shape index (κ2) is 23.8. The first-order valence-electron chi connectivity index (χ1n) is 4.65. The minimum absolute atomic E-state index is 1.21. The van der Waals surface area contributed by atoms with Crippen LogP contribution in [0.5, 0.6) is 0 Å². The summed E-state index contributed by atoms with van der Waals surface area (Å²) in [6, 6.07) is 0. The first-order chi connectivity index (χ1) is 7.14. The normalized spacial score (nSPS) is 11.1. The van der Waals surface area contributed by atoms with Crippen LogP contribution in [0, 0.1) is 0 Å². The van der Waals surface area contributed by atoms with E-state index in [0.29, 0.717) is 0 Å². The Hall–Kier alpha value is 0.243. The fourth-order valence-electron chi connectivity index (χ4n) is 0.447. The molecule has 86 valence electrons. The van der Waals surface area contributed by atoms with Gasteiger partial charge in [-0.15, -0.1) is 0 Å². The average Bonchev–Trinajstić information content (AvgIpc) is 2.60. The van der Waals surface area contributed by atoms with Crippen molar-refractivity contribution < 1.29 is 24.7 Å². The fourth-order valence-corrected chi connectivity index (χ4v) is 0.973. The van der Waals surface area contributed by atoms with Gasteiger partial charge in [0.05, 0.1) is 0 Å². The Bertz CT molecular complexity index is 140. The molecule has 3 nitrogen and oxygen atoms in total. The first kappa shape index (κ1) is 20.6. The molecule has 0 N–H and O–H groups in total. The van der Waals surface area contributed by atoms with Crippen LogP contribution in [0.15, 0.2) is 21.5 Å². The monoisotopic (exact) mass is 287 g/mol. The van der Waals surface area contributed by atoms with Crippen LogP contribution in [0.25, 0.3) is 16.0 Å². The molecule has 0 atom stereocenters. The summed E-state index contributed by atoms with van der Waals surface area (Å²) in [5.41, 5.74) is 0. The molecule has 0 saturated heterocycles. The van der Waals surface area contributed by atoms with Gasteiger partial charge in [0.1, 0.15) is 0 Å². The van der Waals surface area contributed by atoms with Crippen molar-refractivity contribution in [3.8, 4) is 0 Å². The molecule has 0 heterocycles. The summed E-state index contributed by atoms with van der Waals surface area (Å²) >= 11 is 1.56. The Morgan fingerprint density at radius 1 is 0.933 bits per heavy atom. The molecule has 0 bridgehead atoms. The minimum atomic E-state index is 1.21. The Kier molecular flexibility index (Phi) is 32.7. The van der Waals surface area contributed by atoms with Crippen LogP contribution < -0.4 is 0 Å². The summed E-state index contributed by atoms with van der Waals surface area (Å²) in [5.74, 6) is 0. The van der Waals surface area contributed by atoms with Crippen LogP contribution in [0.1, 0.15) is 6.42 Å². The number of hydrogen-bond acceptors (Lipinski definition) is 0. The van der Waals surface area contributed by atoms with Gasteiger partial charge in [-0.3, -0.25) is 0 Å². The number of allylic oxidation sites excluding steroid dienone is 4. The molecule has 4 heteroatoms. The Morgan fingerprint density at radius 3 is 1.33 bits per heavy atom. The van der Waals surface area contributed by atoms with E-state index < -0.39 is 0 Å². The zero-order valence-corrected chi connectivity index (χ0v) is 13.2. The van der Waals surface area contributed by atoms with Crippen molar-refractivity contribution >= 4 is 0 Å². The maximum absolute atomic E-state index is 3.50. The van der Waals surface area contributed by atoms with Crippen molar-refractivity contribution in [1.29, 1.82) is 0 Å². The summed E-state index contributed by atoms with van der Waals surface area (Å²) in [4.78, 5) is 0. The molecular formula is C11H23N3Zr. The van der Waals surface area contributed by atoms with Crippen LogP contribution in [-0.4, -0.2) is 42.3 Å². The molecule has 0 radical (unpaired) electrons. The van der Waals surface area contributed by atoms with E-state index in [4.69, 9.17) is 0 Å². The zero-order valence-electron chi connectivity index (χ0n) is 10.8. The molecule has 0 aliphatic heterocycles. The van der Waals surface area contributed by atoms with Crippen molar-refractivity contribution in [2.24, 2.45) is 0 Å². The third kappa shape index (κ3) is 40.7. The van der Waals surface area contributed by atoms with Gasteiger partial charge in [-0.2, -0.15) is 42.3 Å². The molecule has 0 aromatic carbocycles. The molecule has 0 saturated carbocycles. The molecule has 0 amide bonds. The molecule has 15 heavy (non-hydrogen) atoms. The van der Waals surface area contributed by atoms with Gasteiger partial charge < -0.3 is 16.0 Å². The van der Waals surface area contributed by atoms with Crippen LogP contribution in [0.4, 0.5) is 0 Å². The SMILES string of the molecule is C[N-]C.C[N-]C.C[N-]C.[Zr+3][C]1=CC=CC1. The second-order valence-electron chi connectivity index (χ2n) is 2.67. The standard InChI is InChI=1S/C5H5.3C2H6N.Zr/c1-2-4-5-3-1;3*1-3-2;/h1-3H,4H2;3*1-2H3;/q;3*-1;+3. The van der Waals surface area contributed by atoms with E-state index in [1.807, 2.05) is 0 Å². The van der Waals surface area contributed by atoms with Crippen LogP contribution in [0.2, 0.25) is 0 Å². The predicted molar refractivity (Wildman–Crippen MR) is 67.5 cm³/mol. The van der Waals surface area contributed by atoms with E-state index >= 15 is 0 Å². The Balaban J connectivity index is -0.000000140. The third-order valence-corrected chi connectivity index (χ3v) is 1.68. The summed E-state index contributed by atoms with van der Waals surface area (Å²) < 4.78 is 1.56. The maximum atomic E-state index is 3.50. The molecule has 0 spiro atoms. The van der Waals surface area contributed by atoms with Crippen LogP contribution >= 0.6 is 0 Å². The number of nitrogens with zero attached hydrogens (tertiary/aromatic N) is 3. The fraction of sp³-hybridized carbons (Fsp3) is 0.636. The zero-order chi connectivity index (χ0) is 12.5. The van der Waals surface area contributed by atoms with Crippen LogP contribution in [-0.2, 0) is 24.7 Å². The van der Waals surface area contributed by atoms with E-state index in [2.05, 4.69) is 34.2 Å². The van der Waals surface area contributed by atoms with Gasteiger partial charge in [0.25, 0.3) is 0 Å². The van der Waals surface area contributed by atoms with Gasteiger partial charge in [0, 0.05) is 0 Å². The molecule has 1 rings (SSSR count). The van der Waals surface area contributed by atoms with Gasteiger partial charge in [-0.05, 0) is 0 Å². The summed E-state index contributed by atoms with van der Waals surface area (Å²) in [6.07, 6.45) is 7.69. The van der Waals surface area contributed by atoms with E-state index in [1.54, 1.807) is 70.3 Å². The van der Waals surface area contributed by atoms with Crippen LogP contribution in [0.3, 0.4) is 0 Å². The van der Waals surface area contributed by atoms with Crippen molar-refractivity contribution in [3.63, 3.8) is 0 Å². The van der Waals surface area contributed by atoms with Gasteiger partial charge in [-0.1, -0.05) is 0 Å². The van der Waals surface area contributed by atoms with E-state index in [0.717, 1.165) is 0 Å². The predicted octanol–water partition coefficient (Wildman–Crippen LogP) is 3.24. The third-order valence-electron chi connectivity index (χ3n) is 0.771. The summed E-state index contributed by atoms with van der Waals surface area (Å²) in [6.45, 7) is 0. The van der Waals surface area contributed by atoms with Crippen molar-refractivity contribution in [2.75, 3.05) is 42.3 Å². The van der Waals surface area contributed by atoms with E-state index in [1.165, 1.54) is 6.42 Å². The van der Waals surface area contributed by atoms with Crippen molar-refractivity contribution in [2.45, 2.75) is 6.42 Å². The van der Waals surface area contributed by atoms with Gasteiger partial charge >= 0.3 is 52.6 Å². The Labute approximate surface area is 111 Å². The van der Waals surface area contributed by atoms with Crippen molar-refractivity contribution in [1.82, 2.24) is 0 Å². The molecule has 1 aliphatic carbocycles. The summed E-state index contributed by atoms with van der Waals surface area (Å²) in [5, 5.41) is 10.5. The molecule has 0 aromatic rings. The first-order valence-corrected chi connectivity index (χ1v) is 5.88. The molecule has 0 fully saturated rings. The molecule has 0 unspecified atom stereocenters. The molecular weight excluding hydrogens is 265 g/mol. The Morgan fingerprint density at radius 2 is 1.27 bits per heavy atom. The van der Waals surface area contributed by atoms with Crippen molar-refractivity contribution in [3.05, 3.63) is 37.5 Å². The van der Waals surface area contributed by atoms with E-state index in [-0.39, 0.29) is 0 Å². The van der Waals surface area contributed by atoms with Gasteiger partial charge in [0.15, 0.2) is 0 Å². The quantitative estimate of drug-likeness (QED) is 0.657. The van der Waals surface area contributed by atoms with Gasteiger partial charge in [0.2, 0.25) is 0 Å². The van der Waals surface area contributed by atoms with Gasteiger partial charge in [-0.25, -0.2) is 0 Å². The second-order valence-corrected chi connectivity index (χ2v) is 4.24. The van der Waals surface area contributed by atoms with E-state index in [9.17, 15) is 0 Å².